The van der Waals surface area contributed by atoms with Crippen LogP contribution in [0.3, 0.4) is 0 Å². The summed E-state index contributed by atoms with van der Waals surface area (Å²) in [5.41, 5.74) is 6.97. The molecule has 0 aliphatic carbocycles. The molecule has 1 aromatic carbocycles. The number of nitrogens with zero attached hydrogens (tertiary/aromatic N) is 2. The van der Waals surface area contributed by atoms with Crippen LogP contribution in [0.25, 0.3) is 0 Å². The van der Waals surface area contributed by atoms with Crippen molar-refractivity contribution in [2.45, 2.75) is 12.5 Å². The zero-order valence-electron chi connectivity index (χ0n) is 9.40. The lowest BCUT2D eigenvalue weighted by Gasteiger charge is -2.12. The van der Waals surface area contributed by atoms with Crippen molar-refractivity contribution in [3.05, 3.63) is 52.3 Å². The summed E-state index contributed by atoms with van der Waals surface area (Å²) in [7, 11) is 1.93. The first kappa shape index (κ1) is 12.3. The van der Waals surface area contributed by atoms with Crippen LogP contribution in [0, 0.1) is 5.82 Å². The molecule has 0 bridgehead atoms. The van der Waals surface area contributed by atoms with Gasteiger partial charge in [0.2, 0.25) is 0 Å². The van der Waals surface area contributed by atoms with Gasteiger partial charge >= 0.3 is 0 Å². The van der Waals surface area contributed by atoms with Crippen LogP contribution in [-0.2, 0) is 13.5 Å². The Kier molecular flexibility index (Phi) is 3.59. The predicted molar refractivity (Wildman–Crippen MR) is 67.9 cm³/mol. The molecule has 1 heterocycles. The highest BCUT2D eigenvalue weighted by Gasteiger charge is 2.11. The van der Waals surface area contributed by atoms with E-state index >= 15 is 0 Å². The van der Waals surface area contributed by atoms with Gasteiger partial charge < -0.3 is 10.3 Å². The summed E-state index contributed by atoms with van der Waals surface area (Å²) < 4.78 is 15.5. The van der Waals surface area contributed by atoms with E-state index in [4.69, 9.17) is 5.73 Å². The Balaban J connectivity index is 2.17. The number of aromatic nitrogens is 2. The monoisotopic (exact) mass is 297 g/mol. The molecule has 0 fully saturated rings. The zero-order valence-corrected chi connectivity index (χ0v) is 11.0. The second-order valence-corrected chi connectivity index (χ2v) is 4.79. The van der Waals surface area contributed by atoms with Gasteiger partial charge in [0.1, 0.15) is 11.6 Å². The number of imidazole rings is 1. The van der Waals surface area contributed by atoms with Crippen molar-refractivity contribution in [2.24, 2.45) is 12.8 Å². The van der Waals surface area contributed by atoms with E-state index in [9.17, 15) is 4.39 Å². The van der Waals surface area contributed by atoms with Crippen LogP contribution in [-0.4, -0.2) is 9.55 Å². The minimum atomic E-state index is -0.280. The number of nitrogens with two attached hydrogens (primary N) is 1. The first-order valence-corrected chi connectivity index (χ1v) is 6.04. The summed E-state index contributed by atoms with van der Waals surface area (Å²) in [5, 5.41) is 0. The van der Waals surface area contributed by atoms with Crippen molar-refractivity contribution in [3.63, 3.8) is 0 Å². The summed E-state index contributed by atoms with van der Waals surface area (Å²) >= 11 is 3.16. The van der Waals surface area contributed by atoms with Crippen molar-refractivity contribution in [3.8, 4) is 0 Å². The van der Waals surface area contributed by atoms with Crippen LogP contribution in [0.5, 0.6) is 0 Å². The normalized spacial score (nSPS) is 12.7. The van der Waals surface area contributed by atoms with Gasteiger partial charge in [-0.25, -0.2) is 9.37 Å². The van der Waals surface area contributed by atoms with Crippen molar-refractivity contribution in [1.82, 2.24) is 9.55 Å². The molecule has 0 aliphatic rings. The average molecular weight is 298 g/mol. The molecule has 0 spiro atoms. The summed E-state index contributed by atoms with van der Waals surface area (Å²) in [4.78, 5) is 4.22. The smallest absolute Gasteiger partial charge is 0.137 e. The van der Waals surface area contributed by atoms with Crippen molar-refractivity contribution < 1.29 is 4.39 Å². The molecule has 3 nitrogen and oxygen atoms in total. The van der Waals surface area contributed by atoms with Gasteiger partial charge in [-0.1, -0.05) is 6.07 Å². The molecule has 2 N–H and O–H groups in total. The summed E-state index contributed by atoms with van der Waals surface area (Å²) in [6.07, 6.45) is 4.24. The molecule has 0 amide bonds. The van der Waals surface area contributed by atoms with E-state index in [1.54, 1.807) is 18.3 Å². The van der Waals surface area contributed by atoms with Crippen LogP contribution in [0.2, 0.25) is 0 Å². The molecular weight excluding hydrogens is 285 g/mol. The molecule has 2 aromatic rings. The Labute approximate surface area is 108 Å². The van der Waals surface area contributed by atoms with Crippen molar-refractivity contribution >= 4 is 15.9 Å². The molecule has 0 aliphatic heterocycles. The van der Waals surface area contributed by atoms with E-state index < -0.39 is 0 Å². The van der Waals surface area contributed by atoms with E-state index in [2.05, 4.69) is 20.9 Å². The average Bonchev–Trinajstić information content (AvgIpc) is 2.68. The number of rotatable bonds is 3. The lowest BCUT2D eigenvalue weighted by Crippen LogP contribution is -2.15. The highest BCUT2D eigenvalue weighted by molar-refractivity contribution is 9.10. The molecule has 0 radical (unpaired) electrons. The second kappa shape index (κ2) is 4.98. The van der Waals surface area contributed by atoms with Crippen LogP contribution in [0.1, 0.15) is 17.4 Å². The number of hydrogen-bond acceptors (Lipinski definition) is 2. The third kappa shape index (κ3) is 2.73. The fraction of sp³-hybridized carbons (Fsp3) is 0.250. The highest BCUT2D eigenvalue weighted by Crippen LogP contribution is 2.22. The molecular formula is C12H13BrFN3. The lowest BCUT2D eigenvalue weighted by atomic mass is 10.0. The van der Waals surface area contributed by atoms with Gasteiger partial charge in [0, 0.05) is 31.9 Å². The molecule has 1 unspecified atom stereocenters. The quantitative estimate of drug-likeness (QED) is 0.946. The first-order chi connectivity index (χ1) is 8.08. The van der Waals surface area contributed by atoms with E-state index in [0.29, 0.717) is 10.9 Å². The fourth-order valence-electron chi connectivity index (χ4n) is 1.65. The van der Waals surface area contributed by atoms with Crippen LogP contribution in [0.4, 0.5) is 4.39 Å². The van der Waals surface area contributed by atoms with Gasteiger partial charge in [-0.15, -0.1) is 0 Å². The summed E-state index contributed by atoms with van der Waals surface area (Å²) in [6.45, 7) is 0. The Morgan fingerprint density at radius 1 is 1.53 bits per heavy atom. The maximum absolute atomic E-state index is 13.1. The SMILES string of the molecule is Cn1ccnc1CC(N)c1ccc(F)c(Br)c1. The lowest BCUT2D eigenvalue weighted by molar-refractivity contribution is 0.615. The molecule has 1 aromatic heterocycles. The van der Waals surface area contributed by atoms with Gasteiger partial charge in [0.05, 0.1) is 4.47 Å². The predicted octanol–water partition coefficient (Wildman–Crippen LogP) is 2.56. The van der Waals surface area contributed by atoms with Gasteiger partial charge in [-0.05, 0) is 33.6 Å². The Morgan fingerprint density at radius 3 is 2.88 bits per heavy atom. The number of benzene rings is 1. The van der Waals surface area contributed by atoms with Crippen molar-refractivity contribution in [1.29, 1.82) is 0 Å². The number of aryl methyl sites for hydroxylation is 1. The third-order valence-corrected chi connectivity index (χ3v) is 3.30. The number of hydrogen-bond donors (Lipinski definition) is 1. The second-order valence-electron chi connectivity index (χ2n) is 3.94. The highest BCUT2D eigenvalue weighted by atomic mass is 79.9. The van der Waals surface area contributed by atoms with Gasteiger partial charge in [-0.2, -0.15) is 0 Å². The molecule has 17 heavy (non-hydrogen) atoms. The van der Waals surface area contributed by atoms with Crippen molar-refractivity contribution in [2.75, 3.05) is 0 Å². The zero-order chi connectivity index (χ0) is 12.4. The standard InChI is InChI=1S/C12H13BrFN3/c1-17-5-4-16-12(17)7-11(15)8-2-3-10(14)9(13)6-8/h2-6,11H,7,15H2,1H3. The van der Waals surface area contributed by atoms with E-state index in [1.165, 1.54) is 6.07 Å². The van der Waals surface area contributed by atoms with Crippen LogP contribution in [0.15, 0.2) is 35.1 Å². The van der Waals surface area contributed by atoms with Gasteiger partial charge in [-0.3, -0.25) is 0 Å². The maximum atomic E-state index is 13.1. The van der Waals surface area contributed by atoms with E-state index in [0.717, 1.165) is 11.4 Å². The molecule has 1 atom stereocenters. The Morgan fingerprint density at radius 2 is 2.29 bits per heavy atom. The Bertz CT molecular complexity index is 524. The molecule has 5 heteroatoms. The minimum absolute atomic E-state index is 0.187. The third-order valence-electron chi connectivity index (χ3n) is 2.70. The summed E-state index contributed by atoms with van der Waals surface area (Å²) in [6, 6.07) is 4.64. The number of halogens is 2. The molecule has 2 rings (SSSR count). The van der Waals surface area contributed by atoms with Crippen LogP contribution < -0.4 is 5.73 Å². The Hall–Kier alpha value is -1.20. The molecule has 0 saturated carbocycles. The minimum Gasteiger partial charge on any atom is -0.338 e. The topological polar surface area (TPSA) is 43.8 Å². The fourth-order valence-corrected chi connectivity index (χ4v) is 2.05. The van der Waals surface area contributed by atoms with E-state index in [-0.39, 0.29) is 11.9 Å². The maximum Gasteiger partial charge on any atom is 0.137 e. The molecule has 0 saturated heterocycles. The molecule has 90 valence electrons. The summed E-state index contributed by atoms with van der Waals surface area (Å²) in [5.74, 6) is 0.635. The van der Waals surface area contributed by atoms with E-state index in [1.807, 2.05) is 17.8 Å². The van der Waals surface area contributed by atoms with Crippen LogP contribution >= 0.6 is 15.9 Å². The van der Waals surface area contributed by atoms with Gasteiger partial charge in [0.15, 0.2) is 0 Å². The largest absolute Gasteiger partial charge is 0.338 e. The first-order valence-electron chi connectivity index (χ1n) is 5.24. The van der Waals surface area contributed by atoms with Gasteiger partial charge in [0.25, 0.3) is 0 Å².